The van der Waals surface area contributed by atoms with E-state index in [0.717, 1.165) is 31.0 Å². The van der Waals surface area contributed by atoms with Crippen molar-refractivity contribution in [3.05, 3.63) is 28.8 Å². The Labute approximate surface area is 126 Å². The summed E-state index contributed by atoms with van der Waals surface area (Å²) < 4.78 is 38.0. The number of alkyl halides is 3. The van der Waals surface area contributed by atoms with Gasteiger partial charge in [0.2, 0.25) is 0 Å². The van der Waals surface area contributed by atoms with Crippen molar-refractivity contribution in [1.29, 1.82) is 0 Å². The van der Waals surface area contributed by atoms with Crippen LogP contribution in [0.15, 0.2) is 18.2 Å². The monoisotopic (exact) mass is 320 g/mol. The molecule has 1 saturated heterocycles. The van der Waals surface area contributed by atoms with E-state index in [2.05, 4.69) is 12.2 Å². The molecule has 0 bridgehead atoms. The Hall–Kier alpha value is -1.43. The summed E-state index contributed by atoms with van der Waals surface area (Å²) in [6.45, 7) is 3.31. The Bertz CT molecular complexity index is 525. The molecule has 21 heavy (non-hydrogen) atoms. The van der Waals surface area contributed by atoms with Crippen LogP contribution in [0.1, 0.15) is 25.3 Å². The van der Waals surface area contributed by atoms with E-state index in [1.165, 1.54) is 0 Å². The molecule has 2 amide bonds. The molecule has 0 radical (unpaired) electrons. The molecule has 0 aromatic heterocycles. The van der Waals surface area contributed by atoms with Gasteiger partial charge < -0.3 is 10.2 Å². The Morgan fingerprint density at radius 2 is 1.95 bits per heavy atom. The molecule has 0 spiro atoms. The SMILES string of the molecule is CC1CCN(C(=O)Nc2cc(C(F)(F)F)ccc2Cl)CC1. The number of likely N-dealkylation sites (tertiary alicyclic amines) is 1. The molecular formula is C14H16ClF3N2O. The fraction of sp³-hybridized carbons (Fsp3) is 0.500. The third-order valence-corrected chi connectivity index (χ3v) is 3.94. The second-order valence-corrected chi connectivity index (χ2v) is 5.70. The van der Waals surface area contributed by atoms with E-state index in [9.17, 15) is 18.0 Å². The van der Waals surface area contributed by atoms with Crippen LogP contribution in [-0.2, 0) is 6.18 Å². The van der Waals surface area contributed by atoms with Gasteiger partial charge in [0.05, 0.1) is 16.3 Å². The van der Waals surface area contributed by atoms with Crippen molar-refractivity contribution in [1.82, 2.24) is 4.90 Å². The number of hydrogen-bond donors (Lipinski definition) is 1. The number of urea groups is 1. The minimum absolute atomic E-state index is 0.0184. The van der Waals surface area contributed by atoms with Crippen molar-refractivity contribution in [2.24, 2.45) is 5.92 Å². The molecule has 1 heterocycles. The molecule has 1 fully saturated rings. The van der Waals surface area contributed by atoms with Crippen LogP contribution in [-0.4, -0.2) is 24.0 Å². The van der Waals surface area contributed by atoms with Gasteiger partial charge in [0.15, 0.2) is 0 Å². The molecule has 1 aliphatic rings. The van der Waals surface area contributed by atoms with E-state index < -0.39 is 17.8 Å². The van der Waals surface area contributed by atoms with E-state index in [0.29, 0.717) is 19.0 Å². The number of benzene rings is 1. The quantitative estimate of drug-likeness (QED) is 0.804. The topological polar surface area (TPSA) is 32.3 Å². The number of carbonyl (C=O) groups excluding carboxylic acids is 1. The van der Waals surface area contributed by atoms with Crippen molar-refractivity contribution in [3.63, 3.8) is 0 Å². The molecule has 0 atom stereocenters. The zero-order valence-corrected chi connectivity index (χ0v) is 12.3. The lowest BCUT2D eigenvalue weighted by Crippen LogP contribution is -2.40. The molecule has 116 valence electrons. The van der Waals surface area contributed by atoms with E-state index in [4.69, 9.17) is 11.6 Å². The summed E-state index contributed by atoms with van der Waals surface area (Å²) in [7, 11) is 0. The molecule has 1 aromatic rings. The number of piperidine rings is 1. The number of nitrogens with one attached hydrogen (secondary N) is 1. The molecule has 1 aliphatic heterocycles. The van der Waals surface area contributed by atoms with Crippen LogP contribution in [0.5, 0.6) is 0 Å². The minimum atomic E-state index is -4.47. The zero-order valence-electron chi connectivity index (χ0n) is 11.5. The van der Waals surface area contributed by atoms with E-state index in [-0.39, 0.29) is 10.7 Å². The number of hydrogen-bond acceptors (Lipinski definition) is 1. The molecule has 0 aliphatic carbocycles. The first-order chi connectivity index (χ1) is 9.77. The van der Waals surface area contributed by atoms with Gasteiger partial charge in [-0.15, -0.1) is 0 Å². The van der Waals surface area contributed by atoms with Gasteiger partial charge in [0.25, 0.3) is 0 Å². The molecule has 1 N–H and O–H groups in total. The predicted octanol–water partition coefficient (Wildman–Crippen LogP) is 4.62. The first-order valence-corrected chi connectivity index (χ1v) is 7.08. The number of rotatable bonds is 1. The smallest absolute Gasteiger partial charge is 0.325 e. The fourth-order valence-corrected chi connectivity index (χ4v) is 2.37. The second kappa shape index (κ2) is 6.13. The lowest BCUT2D eigenvalue weighted by Gasteiger charge is -2.30. The van der Waals surface area contributed by atoms with E-state index in [1.807, 2.05) is 0 Å². The van der Waals surface area contributed by atoms with Crippen LogP contribution < -0.4 is 5.32 Å². The summed E-state index contributed by atoms with van der Waals surface area (Å²) in [6, 6.07) is 2.47. The summed E-state index contributed by atoms with van der Waals surface area (Å²) in [5.41, 5.74) is -0.857. The van der Waals surface area contributed by atoms with Crippen molar-refractivity contribution >= 4 is 23.3 Å². The lowest BCUT2D eigenvalue weighted by molar-refractivity contribution is -0.137. The largest absolute Gasteiger partial charge is 0.416 e. The van der Waals surface area contributed by atoms with Gasteiger partial charge in [-0.2, -0.15) is 13.2 Å². The van der Waals surface area contributed by atoms with Crippen LogP contribution in [0.3, 0.4) is 0 Å². The average Bonchev–Trinajstić information content (AvgIpc) is 2.40. The fourth-order valence-electron chi connectivity index (χ4n) is 2.20. The van der Waals surface area contributed by atoms with Gasteiger partial charge >= 0.3 is 12.2 Å². The predicted molar refractivity (Wildman–Crippen MR) is 75.4 cm³/mol. The van der Waals surface area contributed by atoms with E-state index >= 15 is 0 Å². The van der Waals surface area contributed by atoms with Crippen molar-refractivity contribution in [2.75, 3.05) is 18.4 Å². The maximum Gasteiger partial charge on any atom is 0.416 e. The van der Waals surface area contributed by atoms with E-state index in [1.54, 1.807) is 4.90 Å². The van der Waals surface area contributed by atoms with Crippen LogP contribution in [0.4, 0.5) is 23.7 Å². The maximum atomic E-state index is 12.7. The van der Waals surface area contributed by atoms with Gasteiger partial charge in [-0.3, -0.25) is 0 Å². The Balaban J connectivity index is 2.10. The molecule has 0 unspecified atom stereocenters. The highest BCUT2D eigenvalue weighted by Crippen LogP contribution is 2.34. The molecule has 1 aromatic carbocycles. The van der Waals surface area contributed by atoms with Gasteiger partial charge in [-0.25, -0.2) is 4.79 Å². The van der Waals surface area contributed by atoms with Crippen LogP contribution in [0.25, 0.3) is 0 Å². The number of carbonyl (C=O) groups is 1. The Morgan fingerprint density at radius 3 is 2.52 bits per heavy atom. The van der Waals surface area contributed by atoms with Gasteiger partial charge in [0.1, 0.15) is 0 Å². The molecule has 2 rings (SSSR count). The van der Waals surface area contributed by atoms with Crippen molar-refractivity contribution in [2.45, 2.75) is 25.9 Å². The summed E-state index contributed by atoms with van der Waals surface area (Å²) in [5, 5.41) is 2.55. The van der Waals surface area contributed by atoms with Gasteiger partial charge in [0, 0.05) is 13.1 Å². The summed E-state index contributed by atoms with van der Waals surface area (Å²) in [4.78, 5) is 13.7. The molecule has 0 saturated carbocycles. The van der Waals surface area contributed by atoms with Crippen molar-refractivity contribution < 1.29 is 18.0 Å². The minimum Gasteiger partial charge on any atom is -0.325 e. The third-order valence-electron chi connectivity index (χ3n) is 3.61. The number of anilines is 1. The Kier molecular flexibility index (Phi) is 4.66. The summed E-state index contributed by atoms with van der Waals surface area (Å²) in [6.07, 6.45) is -2.68. The maximum absolute atomic E-state index is 12.7. The first kappa shape index (κ1) is 15.9. The summed E-state index contributed by atoms with van der Waals surface area (Å²) in [5.74, 6) is 0.561. The van der Waals surface area contributed by atoms with Gasteiger partial charge in [-0.1, -0.05) is 18.5 Å². The Morgan fingerprint density at radius 1 is 1.33 bits per heavy atom. The normalized spacial score (nSPS) is 16.9. The highest BCUT2D eigenvalue weighted by Gasteiger charge is 2.31. The third kappa shape index (κ3) is 4.03. The highest BCUT2D eigenvalue weighted by atomic mass is 35.5. The first-order valence-electron chi connectivity index (χ1n) is 6.70. The van der Waals surface area contributed by atoms with Crippen LogP contribution >= 0.6 is 11.6 Å². The highest BCUT2D eigenvalue weighted by molar-refractivity contribution is 6.33. The number of amides is 2. The van der Waals surface area contributed by atoms with Crippen LogP contribution in [0.2, 0.25) is 5.02 Å². The second-order valence-electron chi connectivity index (χ2n) is 5.29. The average molecular weight is 321 g/mol. The number of halogens is 4. The van der Waals surface area contributed by atoms with Crippen LogP contribution in [0, 0.1) is 5.92 Å². The molecular weight excluding hydrogens is 305 g/mol. The number of nitrogens with zero attached hydrogens (tertiary/aromatic N) is 1. The standard InChI is InChI=1S/C14H16ClF3N2O/c1-9-4-6-20(7-5-9)13(21)19-12-8-10(14(16,17)18)2-3-11(12)15/h2-3,8-9H,4-7H2,1H3,(H,19,21). The molecule has 3 nitrogen and oxygen atoms in total. The molecule has 7 heteroatoms. The van der Waals surface area contributed by atoms with Gasteiger partial charge in [-0.05, 0) is 37.0 Å². The zero-order chi connectivity index (χ0) is 15.6. The lowest BCUT2D eigenvalue weighted by atomic mass is 10.00. The summed E-state index contributed by atoms with van der Waals surface area (Å²) >= 11 is 5.85. The van der Waals surface area contributed by atoms with Crippen molar-refractivity contribution in [3.8, 4) is 0 Å².